The van der Waals surface area contributed by atoms with E-state index in [2.05, 4.69) is 0 Å². The molecule has 2 rings (SSSR count). The van der Waals surface area contributed by atoms with Crippen molar-refractivity contribution in [2.45, 2.75) is 18.9 Å². The van der Waals surface area contributed by atoms with E-state index < -0.39 is 23.9 Å². The van der Waals surface area contributed by atoms with Gasteiger partial charge in [-0.3, -0.25) is 9.59 Å². The first-order valence-electron chi connectivity index (χ1n) is 5.43. The van der Waals surface area contributed by atoms with E-state index in [4.69, 9.17) is 9.47 Å². The molecule has 2 aliphatic rings. The molecule has 0 unspecified atom stereocenters. The Morgan fingerprint density at radius 2 is 1.62 bits per heavy atom. The Bertz CT molecular complexity index is 313. The molecule has 0 heterocycles. The Morgan fingerprint density at radius 1 is 1.06 bits per heavy atom. The van der Waals surface area contributed by atoms with Crippen LogP contribution in [0.25, 0.3) is 0 Å². The Morgan fingerprint density at radius 3 is 2.19 bits per heavy atom. The lowest BCUT2D eigenvalue weighted by Gasteiger charge is -2.29. The predicted molar refractivity (Wildman–Crippen MR) is 53.2 cm³/mol. The molecule has 2 saturated carbocycles. The molecule has 1 N–H and O–H groups in total. The van der Waals surface area contributed by atoms with Gasteiger partial charge in [-0.15, -0.1) is 0 Å². The minimum Gasteiger partial charge on any atom is -0.469 e. The normalized spacial score (nSPS) is 40.8. The Hall–Kier alpha value is -1.10. The van der Waals surface area contributed by atoms with Crippen LogP contribution in [0.15, 0.2) is 0 Å². The van der Waals surface area contributed by atoms with E-state index in [1.807, 2.05) is 0 Å². The molecular weight excluding hydrogens is 212 g/mol. The van der Waals surface area contributed by atoms with Gasteiger partial charge in [-0.2, -0.15) is 0 Å². The van der Waals surface area contributed by atoms with Crippen LogP contribution in [0.2, 0.25) is 0 Å². The molecule has 0 aromatic rings. The van der Waals surface area contributed by atoms with Crippen LogP contribution in [-0.4, -0.2) is 37.4 Å². The van der Waals surface area contributed by atoms with Crippen molar-refractivity contribution in [1.29, 1.82) is 0 Å². The van der Waals surface area contributed by atoms with Gasteiger partial charge in [0.25, 0.3) is 0 Å². The summed E-state index contributed by atoms with van der Waals surface area (Å²) in [7, 11) is 2.62. The first-order valence-corrected chi connectivity index (χ1v) is 5.43. The fourth-order valence-corrected chi connectivity index (χ4v) is 3.26. The third kappa shape index (κ3) is 1.50. The number of carbonyl (C=O) groups is 2. The van der Waals surface area contributed by atoms with Gasteiger partial charge < -0.3 is 14.6 Å². The topological polar surface area (TPSA) is 72.8 Å². The van der Waals surface area contributed by atoms with E-state index >= 15 is 0 Å². The van der Waals surface area contributed by atoms with E-state index in [-0.39, 0.29) is 17.8 Å². The minimum absolute atomic E-state index is 0.0524. The maximum absolute atomic E-state index is 11.6. The lowest BCUT2D eigenvalue weighted by Crippen LogP contribution is -2.41. The van der Waals surface area contributed by atoms with Gasteiger partial charge in [-0.1, -0.05) is 0 Å². The molecule has 0 aromatic carbocycles. The summed E-state index contributed by atoms with van der Waals surface area (Å²) >= 11 is 0. The van der Waals surface area contributed by atoms with Gasteiger partial charge in [0, 0.05) is 0 Å². The van der Waals surface area contributed by atoms with Crippen LogP contribution in [0.1, 0.15) is 12.8 Å². The summed E-state index contributed by atoms with van der Waals surface area (Å²) in [4.78, 5) is 23.3. The summed E-state index contributed by atoms with van der Waals surface area (Å²) < 4.78 is 9.42. The number of hydrogen-bond acceptors (Lipinski definition) is 5. The molecule has 0 aliphatic heterocycles. The SMILES string of the molecule is COC(=O)[C@@H]1[C@@H]2C[C@@H]([C@@H]1C(=O)OC)[C@H](O)C2. The minimum atomic E-state index is -0.536. The number of carbonyl (C=O) groups excluding carboxylic acids is 2. The van der Waals surface area contributed by atoms with Crippen molar-refractivity contribution in [3.05, 3.63) is 0 Å². The number of aliphatic hydroxyl groups excluding tert-OH is 1. The molecule has 5 nitrogen and oxygen atoms in total. The maximum atomic E-state index is 11.6. The summed E-state index contributed by atoms with van der Waals surface area (Å²) in [6.07, 6.45) is 0.800. The van der Waals surface area contributed by atoms with Gasteiger partial charge in [0.15, 0.2) is 0 Å². The molecule has 2 aliphatic carbocycles. The standard InChI is InChI=1S/C11H16O5/c1-15-10(13)8-5-3-6(7(12)4-5)9(8)11(14)16-2/h5-9,12H,3-4H2,1-2H3/t5-,6-,7-,8-,9+/m1/s1. The van der Waals surface area contributed by atoms with Crippen molar-refractivity contribution in [2.24, 2.45) is 23.7 Å². The highest BCUT2D eigenvalue weighted by molar-refractivity contribution is 5.83. The summed E-state index contributed by atoms with van der Waals surface area (Å²) in [6, 6.07) is 0. The van der Waals surface area contributed by atoms with Crippen LogP contribution in [-0.2, 0) is 19.1 Å². The van der Waals surface area contributed by atoms with Gasteiger partial charge in [-0.05, 0) is 24.7 Å². The average Bonchev–Trinajstić information content (AvgIpc) is 2.82. The monoisotopic (exact) mass is 228 g/mol. The third-order valence-corrected chi connectivity index (χ3v) is 3.92. The van der Waals surface area contributed by atoms with Crippen LogP contribution >= 0.6 is 0 Å². The molecular formula is C11H16O5. The number of rotatable bonds is 2. The summed E-state index contributed by atoms with van der Waals surface area (Å²) in [5.41, 5.74) is 0. The fraction of sp³-hybridized carbons (Fsp3) is 0.818. The second kappa shape index (κ2) is 4.05. The highest BCUT2D eigenvalue weighted by atomic mass is 16.5. The predicted octanol–water partition coefficient (Wildman–Crippen LogP) is -0.0345. The molecule has 2 fully saturated rings. The van der Waals surface area contributed by atoms with Crippen LogP contribution < -0.4 is 0 Å². The lowest BCUT2D eigenvalue weighted by molar-refractivity contribution is -0.162. The van der Waals surface area contributed by atoms with Crippen LogP contribution in [0.3, 0.4) is 0 Å². The number of esters is 2. The summed E-state index contributed by atoms with van der Waals surface area (Å²) in [5.74, 6) is -1.86. The zero-order valence-corrected chi connectivity index (χ0v) is 9.38. The van der Waals surface area contributed by atoms with E-state index in [9.17, 15) is 14.7 Å². The zero-order chi connectivity index (χ0) is 11.9. The highest BCUT2D eigenvalue weighted by Crippen LogP contribution is 2.53. The van der Waals surface area contributed by atoms with Crippen molar-refractivity contribution < 1.29 is 24.2 Å². The molecule has 0 amide bonds. The van der Waals surface area contributed by atoms with Crippen LogP contribution in [0.5, 0.6) is 0 Å². The highest BCUT2D eigenvalue weighted by Gasteiger charge is 2.58. The molecule has 16 heavy (non-hydrogen) atoms. The second-order valence-corrected chi connectivity index (χ2v) is 4.56. The molecule has 0 saturated heterocycles. The van der Waals surface area contributed by atoms with E-state index in [1.54, 1.807) is 0 Å². The van der Waals surface area contributed by atoms with Crippen molar-refractivity contribution >= 4 is 11.9 Å². The van der Waals surface area contributed by atoms with Crippen molar-refractivity contribution in [1.82, 2.24) is 0 Å². The third-order valence-electron chi connectivity index (χ3n) is 3.92. The Labute approximate surface area is 93.7 Å². The van der Waals surface area contributed by atoms with Gasteiger partial charge in [-0.25, -0.2) is 0 Å². The Balaban J connectivity index is 2.24. The van der Waals surface area contributed by atoms with Crippen LogP contribution in [0.4, 0.5) is 0 Å². The maximum Gasteiger partial charge on any atom is 0.309 e. The molecule has 0 spiro atoms. The Kier molecular flexibility index (Phi) is 2.88. The summed E-state index contributed by atoms with van der Waals surface area (Å²) in [5, 5.41) is 9.75. The van der Waals surface area contributed by atoms with Crippen LogP contribution in [0, 0.1) is 23.7 Å². The van der Waals surface area contributed by atoms with Crippen molar-refractivity contribution in [2.75, 3.05) is 14.2 Å². The largest absolute Gasteiger partial charge is 0.469 e. The van der Waals surface area contributed by atoms with Gasteiger partial charge in [0.2, 0.25) is 0 Å². The number of aliphatic hydroxyl groups is 1. The fourth-order valence-electron chi connectivity index (χ4n) is 3.26. The van der Waals surface area contributed by atoms with Gasteiger partial charge in [0.05, 0.1) is 32.2 Å². The van der Waals surface area contributed by atoms with Crippen molar-refractivity contribution in [3.63, 3.8) is 0 Å². The first kappa shape index (κ1) is 11.4. The molecule has 0 radical (unpaired) electrons. The van der Waals surface area contributed by atoms with Gasteiger partial charge >= 0.3 is 11.9 Å². The smallest absolute Gasteiger partial charge is 0.309 e. The number of hydrogen-bond donors (Lipinski definition) is 1. The number of fused-ring (bicyclic) bond motifs is 2. The lowest BCUT2D eigenvalue weighted by atomic mass is 9.78. The molecule has 0 aromatic heterocycles. The number of ether oxygens (including phenoxy) is 2. The van der Waals surface area contributed by atoms with E-state index in [0.29, 0.717) is 12.8 Å². The van der Waals surface area contributed by atoms with Crippen molar-refractivity contribution in [3.8, 4) is 0 Å². The van der Waals surface area contributed by atoms with Gasteiger partial charge in [0.1, 0.15) is 0 Å². The zero-order valence-electron chi connectivity index (χ0n) is 9.38. The molecule has 5 atom stereocenters. The molecule has 90 valence electrons. The average molecular weight is 228 g/mol. The molecule has 2 bridgehead atoms. The number of methoxy groups -OCH3 is 2. The quantitative estimate of drug-likeness (QED) is 0.672. The van der Waals surface area contributed by atoms with E-state index in [0.717, 1.165) is 0 Å². The molecule has 5 heteroatoms. The van der Waals surface area contributed by atoms with E-state index in [1.165, 1.54) is 14.2 Å². The first-order chi connectivity index (χ1) is 7.60. The second-order valence-electron chi connectivity index (χ2n) is 4.56. The summed E-state index contributed by atoms with van der Waals surface area (Å²) in [6.45, 7) is 0.